The number of carbonyl (C=O) groups is 1. The van der Waals surface area contributed by atoms with E-state index < -0.39 is 0 Å². The second-order valence-electron chi connectivity index (χ2n) is 7.23. The van der Waals surface area contributed by atoms with Crippen LogP contribution in [0.2, 0.25) is 0 Å². The lowest BCUT2D eigenvalue weighted by Crippen LogP contribution is -2.31. The number of nitrogens with one attached hydrogen (secondary N) is 2. The van der Waals surface area contributed by atoms with Crippen LogP contribution >= 0.6 is 0 Å². The first-order chi connectivity index (χ1) is 14.0. The fourth-order valence-corrected chi connectivity index (χ4v) is 3.63. The second kappa shape index (κ2) is 7.80. The van der Waals surface area contributed by atoms with Gasteiger partial charge in [-0.25, -0.2) is 9.48 Å². The molecule has 0 aliphatic rings. The smallest absolute Gasteiger partial charge is 0.319 e. The molecule has 1 heterocycles. The van der Waals surface area contributed by atoms with Gasteiger partial charge in [0.05, 0.1) is 17.9 Å². The maximum atomic E-state index is 12.5. The van der Waals surface area contributed by atoms with Crippen molar-refractivity contribution in [2.45, 2.75) is 26.8 Å². The van der Waals surface area contributed by atoms with Gasteiger partial charge in [-0.15, -0.1) is 0 Å². The van der Waals surface area contributed by atoms with Crippen LogP contribution in [0.25, 0.3) is 16.5 Å². The number of carbonyl (C=O) groups excluding carboxylic acids is 1. The average molecular weight is 384 g/mol. The minimum atomic E-state index is -0.232. The topological polar surface area (TPSA) is 59.0 Å². The van der Waals surface area contributed by atoms with Gasteiger partial charge < -0.3 is 10.6 Å². The summed E-state index contributed by atoms with van der Waals surface area (Å²) in [5.74, 6) is 0. The van der Waals surface area contributed by atoms with E-state index in [1.54, 1.807) is 0 Å². The number of rotatable bonds is 4. The second-order valence-corrected chi connectivity index (χ2v) is 7.23. The normalized spacial score (nSPS) is 12.0. The Bertz CT molecular complexity index is 1170. The Balaban J connectivity index is 1.56. The molecule has 1 aromatic heterocycles. The molecule has 2 N–H and O–H groups in total. The summed E-state index contributed by atoms with van der Waals surface area (Å²) in [5, 5.41) is 12.9. The molecule has 0 saturated carbocycles. The van der Waals surface area contributed by atoms with E-state index in [-0.39, 0.29) is 12.1 Å². The number of para-hydroxylation sites is 1. The van der Waals surface area contributed by atoms with Crippen LogP contribution in [-0.4, -0.2) is 15.8 Å². The standard InChI is InChI=1S/C24H24N4O/c1-16-9-4-7-13-22(16)27-24(29)26-17(2)21-15-25-28(18(21)3)23-14-8-11-19-10-5-6-12-20(19)23/h4-15,17H,1-3H3,(H2,26,27,29)/t17-/m0/s1. The number of benzene rings is 3. The molecule has 0 spiro atoms. The Morgan fingerprint density at radius 2 is 1.69 bits per heavy atom. The summed E-state index contributed by atoms with van der Waals surface area (Å²) in [5.41, 5.74) is 4.85. The van der Waals surface area contributed by atoms with Crippen molar-refractivity contribution in [1.82, 2.24) is 15.1 Å². The predicted molar refractivity (Wildman–Crippen MR) is 118 cm³/mol. The van der Waals surface area contributed by atoms with Gasteiger partial charge in [-0.2, -0.15) is 5.10 Å². The molecular weight excluding hydrogens is 360 g/mol. The van der Waals surface area contributed by atoms with Crippen LogP contribution in [-0.2, 0) is 0 Å². The third kappa shape index (κ3) is 3.72. The summed E-state index contributed by atoms with van der Waals surface area (Å²) in [7, 11) is 0. The van der Waals surface area contributed by atoms with E-state index in [2.05, 4.69) is 40.0 Å². The molecule has 5 heteroatoms. The Labute approximate surface area is 170 Å². The molecule has 146 valence electrons. The van der Waals surface area contributed by atoms with Crippen LogP contribution in [0.5, 0.6) is 0 Å². The average Bonchev–Trinajstić information content (AvgIpc) is 3.10. The van der Waals surface area contributed by atoms with E-state index in [9.17, 15) is 4.79 Å². The van der Waals surface area contributed by atoms with Crippen molar-refractivity contribution < 1.29 is 4.79 Å². The van der Waals surface area contributed by atoms with Crippen LogP contribution in [0.15, 0.2) is 72.9 Å². The third-order valence-electron chi connectivity index (χ3n) is 5.25. The Hall–Kier alpha value is -3.60. The molecule has 0 bridgehead atoms. The van der Waals surface area contributed by atoms with E-state index in [1.165, 1.54) is 5.39 Å². The minimum absolute atomic E-state index is 0.178. The van der Waals surface area contributed by atoms with Gasteiger partial charge in [0.15, 0.2) is 0 Å². The fraction of sp³-hybridized carbons (Fsp3) is 0.167. The Kier molecular flexibility index (Phi) is 5.04. The number of aryl methyl sites for hydroxylation is 1. The Morgan fingerprint density at radius 1 is 0.966 bits per heavy atom. The highest BCUT2D eigenvalue weighted by Gasteiger charge is 2.17. The van der Waals surface area contributed by atoms with Crippen LogP contribution in [0, 0.1) is 13.8 Å². The lowest BCUT2D eigenvalue weighted by Gasteiger charge is -2.16. The molecule has 4 rings (SSSR count). The van der Waals surface area contributed by atoms with E-state index in [1.807, 2.05) is 74.1 Å². The Morgan fingerprint density at radius 3 is 2.52 bits per heavy atom. The number of hydrogen-bond donors (Lipinski definition) is 2. The summed E-state index contributed by atoms with van der Waals surface area (Å²) >= 11 is 0. The molecule has 3 aromatic carbocycles. The van der Waals surface area contributed by atoms with Gasteiger partial charge in [0, 0.05) is 22.3 Å². The predicted octanol–water partition coefficient (Wildman–Crippen LogP) is 5.53. The van der Waals surface area contributed by atoms with Gasteiger partial charge in [0.1, 0.15) is 0 Å². The van der Waals surface area contributed by atoms with Gasteiger partial charge in [-0.1, -0.05) is 54.6 Å². The first-order valence-corrected chi connectivity index (χ1v) is 9.70. The molecule has 4 aromatic rings. The van der Waals surface area contributed by atoms with Crippen molar-refractivity contribution in [3.05, 3.63) is 89.7 Å². The minimum Gasteiger partial charge on any atom is -0.331 e. The monoisotopic (exact) mass is 384 g/mol. The summed E-state index contributed by atoms with van der Waals surface area (Å²) < 4.78 is 1.94. The number of anilines is 1. The molecular formula is C24H24N4O. The van der Waals surface area contributed by atoms with Gasteiger partial charge in [-0.05, 0) is 43.9 Å². The van der Waals surface area contributed by atoms with Crippen molar-refractivity contribution in [2.75, 3.05) is 5.32 Å². The fourth-order valence-electron chi connectivity index (χ4n) is 3.63. The summed E-state index contributed by atoms with van der Waals surface area (Å²) in [4.78, 5) is 12.5. The zero-order chi connectivity index (χ0) is 20.4. The van der Waals surface area contributed by atoms with Gasteiger partial charge in [0.25, 0.3) is 0 Å². The van der Waals surface area contributed by atoms with Crippen LogP contribution in [0.3, 0.4) is 0 Å². The lowest BCUT2D eigenvalue weighted by atomic mass is 10.1. The van der Waals surface area contributed by atoms with Crippen LogP contribution in [0.1, 0.15) is 29.8 Å². The van der Waals surface area contributed by atoms with Gasteiger partial charge >= 0.3 is 6.03 Å². The number of aromatic nitrogens is 2. The molecule has 29 heavy (non-hydrogen) atoms. The highest BCUT2D eigenvalue weighted by Crippen LogP contribution is 2.26. The summed E-state index contributed by atoms with van der Waals surface area (Å²) in [6, 6.07) is 21.8. The molecule has 0 fully saturated rings. The first kappa shape index (κ1) is 18.7. The van der Waals surface area contributed by atoms with Crippen molar-refractivity contribution in [3.63, 3.8) is 0 Å². The maximum absolute atomic E-state index is 12.5. The number of fused-ring (bicyclic) bond motifs is 1. The quantitative estimate of drug-likeness (QED) is 0.486. The molecule has 1 atom stereocenters. The zero-order valence-corrected chi connectivity index (χ0v) is 16.8. The SMILES string of the molecule is Cc1ccccc1NC(=O)N[C@@H](C)c1cnn(-c2cccc3ccccc23)c1C. The molecule has 2 amide bonds. The van der Waals surface area contributed by atoms with E-state index in [4.69, 9.17) is 0 Å². The summed E-state index contributed by atoms with van der Waals surface area (Å²) in [6.07, 6.45) is 1.83. The van der Waals surface area contributed by atoms with Crippen molar-refractivity contribution in [3.8, 4) is 5.69 Å². The number of amides is 2. The molecule has 0 radical (unpaired) electrons. The number of urea groups is 1. The van der Waals surface area contributed by atoms with E-state index >= 15 is 0 Å². The van der Waals surface area contributed by atoms with Crippen LogP contribution < -0.4 is 10.6 Å². The zero-order valence-electron chi connectivity index (χ0n) is 16.8. The van der Waals surface area contributed by atoms with Crippen molar-refractivity contribution in [2.24, 2.45) is 0 Å². The van der Waals surface area contributed by atoms with Gasteiger partial charge in [0.2, 0.25) is 0 Å². The molecule has 0 aliphatic carbocycles. The maximum Gasteiger partial charge on any atom is 0.319 e. The highest BCUT2D eigenvalue weighted by atomic mass is 16.2. The lowest BCUT2D eigenvalue weighted by molar-refractivity contribution is 0.249. The van der Waals surface area contributed by atoms with Crippen LogP contribution in [0.4, 0.5) is 10.5 Å². The first-order valence-electron chi connectivity index (χ1n) is 9.70. The largest absolute Gasteiger partial charge is 0.331 e. The molecule has 0 saturated heterocycles. The highest BCUT2D eigenvalue weighted by molar-refractivity contribution is 5.91. The van der Waals surface area contributed by atoms with Crippen molar-refractivity contribution >= 4 is 22.5 Å². The third-order valence-corrected chi connectivity index (χ3v) is 5.25. The number of nitrogens with zero attached hydrogens (tertiary/aromatic N) is 2. The summed E-state index contributed by atoms with van der Waals surface area (Å²) in [6.45, 7) is 5.97. The van der Waals surface area contributed by atoms with E-state index in [0.29, 0.717) is 0 Å². The van der Waals surface area contributed by atoms with E-state index in [0.717, 1.165) is 33.6 Å². The number of hydrogen-bond acceptors (Lipinski definition) is 2. The van der Waals surface area contributed by atoms with Gasteiger partial charge in [-0.3, -0.25) is 0 Å². The molecule has 0 unspecified atom stereocenters. The molecule has 0 aliphatic heterocycles. The molecule has 5 nitrogen and oxygen atoms in total. The van der Waals surface area contributed by atoms with Crippen molar-refractivity contribution in [1.29, 1.82) is 0 Å².